The summed E-state index contributed by atoms with van der Waals surface area (Å²) >= 11 is 0. The first-order valence-electron chi connectivity index (χ1n) is 8.92. The van der Waals surface area contributed by atoms with Gasteiger partial charge in [0.2, 0.25) is 10.0 Å². The zero-order valence-electron chi connectivity index (χ0n) is 14.4. The normalized spacial score (nSPS) is 22.1. The van der Waals surface area contributed by atoms with Crippen molar-refractivity contribution in [2.24, 2.45) is 0 Å². The highest BCUT2D eigenvalue weighted by atomic mass is 32.2. The Balaban J connectivity index is 1.58. The number of imidazole rings is 1. The van der Waals surface area contributed by atoms with Crippen LogP contribution in [0.2, 0.25) is 0 Å². The first-order valence-corrected chi connectivity index (χ1v) is 10.4. The lowest BCUT2D eigenvalue weighted by molar-refractivity contribution is 0.271. The Morgan fingerprint density at radius 2 is 1.88 bits per heavy atom. The molecule has 2 aromatic rings. The van der Waals surface area contributed by atoms with E-state index in [-0.39, 0.29) is 0 Å². The lowest BCUT2D eigenvalue weighted by Gasteiger charge is -2.34. The van der Waals surface area contributed by atoms with E-state index in [2.05, 4.69) is 23.6 Å². The van der Waals surface area contributed by atoms with Crippen LogP contribution in [0.1, 0.15) is 51.4 Å². The van der Waals surface area contributed by atoms with Gasteiger partial charge in [-0.2, -0.15) is 0 Å². The molecule has 2 heterocycles. The molecule has 24 heavy (non-hydrogen) atoms. The number of piperidine rings is 1. The summed E-state index contributed by atoms with van der Waals surface area (Å²) < 4.78 is 29.0. The molecular weight excluding hydrogens is 322 g/mol. The minimum Gasteiger partial charge on any atom is -0.325 e. The van der Waals surface area contributed by atoms with Crippen molar-refractivity contribution in [1.29, 1.82) is 0 Å². The Morgan fingerprint density at radius 1 is 1.21 bits per heavy atom. The number of nitrogens with zero attached hydrogens (tertiary/aromatic N) is 3. The van der Waals surface area contributed by atoms with Gasteiger partial charge in [-0.3, -0.25) is 0 Å². The number of hydrogen-bond donors (Lipinski definition) is 0. The number of hydrogen-bond acceptors (Lipinski definition) is 3. The topological polar surface area (TPSA) is 55.2 Å². The zero-order chi connectivity index (χ0) is 16.9. The summed E-state index contributed by atoms with van der Waals surface area (Å²) in [6.45, 7) is 5.26. The molecule has 0 N–H and O–H groups in total. The van der Waals surface area contributed by atoms with Crippen LogP contribution in [0.25, 0.3) is 11.0 Å². The number of rotatable bonds is 4. The van der Waals surface area contributed by atoms with Gasteiger partial charge in [0.25, 0.3) is 0 Å². The largest absolute Gasteiger partial charge is 0.325 e. The average Bonchev–Trinajstić information content (AvgIpc) is 3.24. The predicted octanol–water partition coefficient (Wildman–Crippen LogP) is 3.12. The maximum atomic E-state index is 12.7. The molecule has 1 saturated heterocycles. The van der Waals surface area contributed by atoms with Gasteiger partial charge in [0.15, 0.2) is 0 Å². The zero-order valence-corrected chi connectivity index (χ0v) is 15.2. The van der Waals surface area contributed by atoms with E-state index >= 15 is 0 Å². The second-order valence-corrected chi connectivity index (χ2v) is 9.78. The second-order valence-electron chi connectivity index (χ2n) is 7.33. The third-order valence-electron chi connectivity index (χ3n) is 5.69. The van der Waals surface area contributed by atoms with Crippen molar-refractivity contribution in [2.45, 2.75) is 56.7 Å². The van der Waals surface area contributed by atoms with Crippen molar-refractivity contribution in [3.05, 3.63) is 30.1 Å². The van der Waals surface area contributed by atoms with Crippen LogP contribution >= 0.6 is 0 Å². The molecule has 5 nitrogen and oxygen atoms in total. The maximum absolute atomic E-state index is 12.7. The van der Waals surface area contributed by atoms with Crippen molar-refractivity contribution in [3.63, 3.8) is 0 Å². The fraction of sp³-hybridized carbons (Fsp3) is 0.611. The summed E-state index contributed by atoms with van der Waals surface area (Å²) in [5, 5.41) is 0. The minimum atomic E-state index is -3.13. The van der Waals surface area contributed by atoms with Crippen LogP contribution < -0.4 is 0 Å². The minimum absolute atomic E-state index is 0.339. The van der Waals surface area contributed by atoms with Gasteiger partial charge in [-0.05, 0) is 44.7 Å². The van der Waals surface area contributed by atoms with Crippen LogP contribution in [0.3, 0.4) is 0 Å². The summed E-state index contributed by atoms with van der Waals surface area (Å²) in [5.41, 5.74) is 2.21. The number of sulfonamides is 1. The maximum Gasteiger partial charge on any atom is 0.219 e. The molecule has 6 heteroatoms. The van der Waals surface area contributed by atoms with Crippen LogP contribution in [0.5, 0.6) is 0 Å². The Kier molecular flexibility index (Phi) is 3.73. The fourth-order valence-electron chi connectivity index (χ4n) is 3.84. The first-order chi connectivity index (χ1) is 11.5. The molecule has 0 bridgehead atoms. The van der Waals surface area contributed by atoms with E-state index in [0.29, 0.717) is 19.1 Å². The Morgan fingerprint density at radius 3 is 2.50 bits per heavy atom. The van der Waals surface area contributed by atoms with Gasteiger partial charge < -0.3 is 4.57 Å². The summed E-state index contributed by atoms with van der Waals surface area (Å²) in [6.07, 6.45) is 4.24. The van der Waals surface area contributed by atoms with Crippen LogP contribution in [0.15, 0.2) is 24.3 Å². The predicted molar refractivity (Wildman–Crippen MR) is 95.5 cm³/mol. The molecule has 1 aromatic carbocycles. The highest BCUT2D eigenvalue weighted by molar-refractivity contribution is 7.90. The molecule has 1 saturated carbocycles. The lowest BCUT2D eigenvalue weighted by atomic mass is 10.1. The molecule has 1 aromatic heterocycles. The van der Waals surface area contributed by atoms with E-state index in [4.69, 9.17) is 4.98 Å². The number of fused-ring (bicyclic) bond motifs is 1. The van der Waals surface area contributed by atoms with Crippen LogP contribution in [-0.2, 0) is 16.4 Å². The van der Waals surface area contributed by atoms with E-state index < -0.39 is 14.8 Å². The lowest BCUT2D eigenvalue weighted by Crippen LogP contribution is -2.44. The molecule has 1 aliphatic carbocycles. The van der Waals surface area contributed by atoms with Gasteiger partial charge >= 0.3 is 0 Å². The van der Waals surface area contributed by atoms with Crippen molar-refractivity contribution in [3.8, 4) is 0 Å². The van der Waals surface area contributed by atoms with E-state index in [1.807, 2.05) is 19.1 Å². The molecule has 2 fully saturated rings. The Hall–Kier alpha value is -1.40. The SMILES string of the molecule is CCc1nc2ccccc2n1C1CCN(S(=O)(=O)C2(C)CC2)CC1. The van der Waals surface area contributed by atoms with E-state index in [9.17, 15) is 8.42 Å². The quantitative estimate of drug-likeness (QED) is 0.854. The van der Waals surface area contributed by atoms with Crippen LogP contribution in [0.4, 0.5) is 0 Å². The van der Waals surface area contributed by atoms with Crippen molar-refractivity contribution < 1.29 is 8.42 Å². The molecule has 130 valence electrons. The van der Waals surface area contributed by atoms with Crippen LogP contribution in [0, 0.1) is 0 Å². The average molecular weight is 347 g/mol. The molecule has 0 amide bonds. The monoisotopic (exact) mass is 347 g/mol. The standard InChI is InChI=1S/C18H25N3O2S/c1-3-17-19-15-6-4-5-7-16(15)21(17)14-8-12-20(13-9-14)24(22,23)18(2)10-11-18/h4-7,14H,3,8-13H2,1-2H3. The van der Waals surface area contributed by atoms with Gasteiger partial charge in [0.1, 0.15) is 5.82 Å². The third-order valence-corrected chi connectivity index (χ3v) is 8.39. The molecule has 0 spiro atoms. The van der Waals surface area contributed by atoms with Crippen molar-refractivity contribution in [1.82, 2.24) is 13.9 Å². The van der Waals surface area contributed by atoms with Gasteiger partial charge in [-0.25, -0.2) is 17.7 Å². The van der Waals surface area contributed by atoms with Gasteiger partial charge in [0.05, 0.1) is 15.8 Å². The highest BCUT2D eigenvalue weighted by Gasteiger charge is 2.53. The molecule has 0 unspecified atom stereocenters. The molecule has 1 aliphatic heterocycles. The molecule has 4 rings (SSSR count). The Labute approximate surface area is 143 Å². The van der Waals surface area contributed by atoms with Gasteiger partial charge in [-0.15, -0.1) is 0 Å². The summed E-state index contributed by atoms with van der Waals surface area (Å²) in [5.74, 6) is 1.10. The Bertz CT molecular complexity index is 860. The number of aromatic nitrogens is 2. The number of aryl methyl sites for hydroxylation is 1. The van der Waals surface area contributed by atoms with E-state index in [1.54, 1.807) is 4.31 Å². The highest BCUT2D eigenvalue weighted by Crippen LogP contribution is 2.45. The van der Waals surface area contributed by atoms with Gasteiger partial charge in [0, 0.05) is 25.6 Å². The van der Waals surface area contributed by atoms with Crippen LogP contribution in [-0.4, -0.2) is 40.1 Å². The molecule has 0 radical (unpaired) electrons. The van der Waals surface area contributed by atoms with Crippen molar-refractivity contribution in [2.75, 3.05) is 13.1 Å². The molecule has 2 aliphatic rings. The summed E-state index contributed by atoms with van der Waals surface area (Å²) in [6, 6.07) is 8.58. The first kappa shape index (κ1) is 16.1. The van der Waals surface area contributed by atoms with E-state index in [1.165, 1.54) is 5.52 Å². The summed E-state index contributed by atoms with van der Waals surface area (Å²) in [7, 11) is -3.13. The fourth-order valence-corrected chi connectivity index (χ4v) is 5.77. The van der Waals surface area contributed by atoms with E-state index in [0.717, 1.165) is 43.4 Å². The molecule has 0 atom stereocenters. The third kappa shape index (κ3) is 2.39. The van der Waals surface area contributed by atoms with Gasteiger partial charge in [-0.1, -0.05) is 19.1 Å². The second kappa shape index (κ2) is 5.56. The van der Waals surface area contributed by atoms with Crippen molar-refractivity contribution >= 4 is 21.1 Å². The number of benzene rings is 1. The smallest absolute Gasteiger partial charge is 0.219 e. The summed E-state index contributed by atoms with van der Waals surface area (Å²) in [4.78, 5) is 4.75. The number of para-hydroxylation sites is 2. The molecular formula is C18H25N3O2S.